The first-order chi connectivity index (χ1) is 9.27. The van der Waals surface area contributed by atoms with Crippen LogP contribution in [0.4, 0.5) is 0 Å². The van der Waals surface area contributed by atoms with Crippen LogP contribution >= 0.6 is 11.3 Å². The van der Waals surface area contributed by atoms with Gasteiger partial charge in [0.2, 0.25) is 0 Å². The van der Waals surface area contributed by atoms with Gasteiger partial charge in [-0.15, -0.1) is 11.3 Å². The molecule has 3 N–H and O–H groups in total. The zero-order valence-corrected chi connectivity index (χ0v) is 11.7. The third-order valence-corrected chi connectivity index (χ3v) is 5.13. The second-order valence-corrected chi connectivity index (χ2v) is 6.22. The van der Waals surface area contributed by atoms with Gasteiger partial charge in [-0.1, -0.05) is 18.2 Å². The van der Waals surface area contributed by atoms with Gasteiger partial charge in [0.15, 0.2) is 0 Å². The molecule has 0 amide bonds. The van der Waals surface area contributed by atoms with E-state index in [9.17, 15) is 5.11 Å². The summed E-state index contributed by atoms with van der Waals surface area (Å²) in [7, 11) is 0. The van der Waals surface area contributed by atoms with Crippen molar-refractivity contribution in [3.8, 4) is 0 Å². The maximum absolute atomic E-state index is 10.8. The fourth-order valence-electron chi connectivity index (χ4n) is 2.90. The van der Waals surface area contributed by atoms with Gasteiger partial charge in [0.25, 0.3) is 0 Å². The molecule has 1 aliphatic heterocycles. The lowest BCUT2D eigenvalue weighted by Gasteiger charge is -2.39. The fourth-order valence-corrected chi connectivity index (χ4v) is 3.88. The number of nitrogens with two attached hydrogens (primary N) is 1. The summed E-state index contributed by atoms with van der Waals surface area (Å²) in [5, 5.41) is 14.0. The molecule has 1 saturated heterocycles. The lowest BCUT2D eigenvalue weighted by atomic mass is 9.75. The van der Waals surface area contributed by atoms with Crippen molar-refractivity contribution < 1.29 is 9.84 Å². The number of aliphatic hydroxyl groups excluding tert-OH is 1. The lowest BCUT2D eigenvalue weighted by molar-refractivity contribution is -0.0775. The number of aliphatic hydroxyl groups is 1. The van der Waals surface area contributed by atoms with Crippen LogP contribution in [0.15, 0.2) is 29.6 Å². The lowest BCUT2D eigenvalue weighted by Crippen LogP contribution is -2.43. The monoisotopic (exact) mass is 277 g/mol. The number of hydrogen-bond acceptors (Lipinski definition) is 4. The van der Waals surface area contributed by atoms with Crippen LogP contribution in [0.3, 0.4) is 0 Å². The third kappa shape index (κ3) is 2.19. The number of hydrogen-bond donors (Lipinski definition) is 2. The Morgan fingerprint density at radius 1 is 1.42 bits per heavy atom. The number of benzene rings is 1. The van der Waals surface area contributed by atoms with E-state index in [1.165, 1.54) is 4.70 Å². The summed E-state index contributed by atoms with van der Waals surface area (Å²) in [4.78, 5) is 0. The molecule has 2 atom stereocenters. The Morgan fingerprint density at radius 2 is 2.26 bits per heavy atom. The summed E-state index contributed by atoms with van der Waals surface area (Å²) >= 11 is 1.67. The summed E-state index contributed by atoms with van der Waals surface area (Å²) in [6.07, 6.45) is 1.35. The highest BCUT2D eigenvalue weighted by Gasteiger charge is 2.40. The fraction of sp³-hybridized carbons (Fsp3) is 0.467. The highest BCUT2D eigenvalue weighted by Crippen LogP contribution is 2.43. The van der Waals surface area contributed by atoms with E-state index in [0.717, 1.165) is 30.4 Å². The molecule has 19 heavy (non-hydrogen) atoms. The van der Waals surface area contributed by atoms with Crippen LogP contribution in [0.1, 0.15) is 24.5 Å². The number of thiophene rings is 1. The Kier molecular flexibility index (Phi) is 3.58. The molecule has 0 aliphatic carbocycles. The zero-order chi connectivity index (χ0) is 13.3. The van der Waals surface area contributed by atoms with Gasteiger partial charge in [-0.25, -0.2) is 0 Å². The smallest absolute Gasteiger partial charge is 0.0894 e. The number of fused-ring (bicyclic) bond motifs is 1. The van der Waals surface area contributed by atoms with E-state index in [2.05, 4.69) is 17.5 Å². The maximum atomic E-state index is 10.8. The first-order valence-corrected chi connectivity index (χ1v) is 7.57. The van der Waals surface area contributed by atoms with E-state index in [1.807, 2.05) is 12.1 Å². The molecule has 3 nitrogen and oxygen atoms in total. The summed E-state index contributed by atoms with van der Waals surface area (Å²) in [6.45, 7) is 1.78. The van der Waals surface area contributed by atoms with Crippen molar-refractivity contribution in [2.24, 2.45) is 11.1 Å². The highest BCUT2D eigenvalue weighted by atomic mass is 32.1. The molecular weight excluding hydrogens is 258 g/mol. The highest BCUT2D eigenvalue weighted by molar-refractivity contribution is 7.17. The van der Waals surface area contributed by atoms with Crippen molar-refractivity contribution in [2.45, 2.75) is 18.9 Å². The summed E-state index contributed by atoms with van der Waals surface area (Å²) in [6, 6.07) is 8.19. The average Bonchev–Trinajstić information content (AvgIpc) is 2.91. The topological polar surface area (TPSA) is 55.5 Å². The van der Waals surface area contributed by atoms with Crippen LogP contribution in [0, 0.1) is 5.41 Å². The normalized spacial score (nSPS) is 25.6. The van der Waals surface area contributed by atoms with Crippen molar-refractivity contribution in [2.75, 3.05) is 19.8 Å². The van der Waals surface area contributed by atoms with Gasteiger partial charge in [0.1, 0.15) is 0 Å². The van der Waals surface area contributed by atoms with Gasteiger partial charge < -0.3 is 15.6 Å². The molecule has 0 saturated carbocycles. The van der Waals surface area contributed by atoms with E-state index in [-0.39, 0.29) is 5.41 Å². The van der Waals surface area contributed by atoms with Crippen LogP contribution in [-0.4, -0.2) is 24.9 Å². The van der Waals surface area contributed by atoms with Gasteiger partial charge in [0, 0.05) is 23.3 Å². The molecule has 1 aromatic heterocycles. The standard InChI is InChI=1S/C15H19NO2S/c16-9-15(6-3-7-18-10-15)14(17)12-8-19-13-5-2-1-4-11(12)13/h1-2,4-5,8,14,17H,3,6-7,9-10,16H2. The summed E-state index contributed by atoms with van der Waals surface area (Å²) in [5.74, 6) is 0. The molecule has 2 aromatic rings. The third-order valence-electron chi connectivity index (χ3n) is 4.14. The SMILES string of the molecule is NCC1(C(O)c2csc3ccccc23)CCCOC1. The maximum Gasteiger partial charge on any atom is 0.0894 e. The molecular formula is C15H19NO2S. The first-order valence-electron chi connectivity index (χ1n) is 6.69. The molecule has 2 heterocycles. The molecule has 2 unspecified atom stereocenters. The van der Waals surface area contributed by atoms with E-state index >= 15 is 0 Å². The zero-order valence-electron chi connectivity index (χ0n) is 10.8. The molecule has 3 rings (SSSR count). The molecule has 0 bridgehead atoms. The van der Waals surface area contributed by atoms with Crippen molar-refractivity contribution in [1.29, 1.82) is 0 Å². The molecule has 0 radical (unpaired) electrons. The number of ether oxygens (including phenoxy) is 1. The molecule has 1 fully saturated rings. The van der Waals surface area contributed by atoms with Crippen molar-refractivity contribution in [1.82, 2.24) is 0 Å². The first kappa shape index (κ1) is 13.1. The average molecular weight is 277 g/mol. The van der Waals surface area contributed by atoms with E-state index in [1.54, 1.807) is 11.3 Å². The Hall–Kier alpha value is -0.940. The Balaban J connectivity index is 2.00. The molecule has 1 aromatic carbocycles. The Labute approximate surface area is 117 Å². The minimum atomic E-state index is -0.547. The predicted molar refractivity (Wildman–Crippen MR) is 78.3 cm³/mol. The molecule has 102 valence electrons. The van der Waals surface area contributed by atoms with Crippen LogP contribution in [0.25, 0.3) is 10.1 Å². The van der Waals surface area contributed by atoms with Crippen molar-refractivity contribution >= 4 is 21.4 Å². The molecule has 1 aliphatic rings. The van der Waals surface area contributed by atoms with Gasteiger partial charge in [-0.2, -0.15) is 0 Å². The Morgan fingerprint density at radius 3 is 3.00 bits per heavy atom. The molecule has 0 spiro atoms. The largest absolute Gasteiger partial charge is 0.388 e. The van der Waals surface area contributed by atoms with Gasteiger partial charge >= 0.3 is 0 Å². The molecule has 4 heteroatoms. The van der Waals surface area contributed by atoms with Gasteiger partial charge in [0.05, 0.1) is 12.7 Å². The minimum absolute atomic E-state index is 0.331. The van der Waals surface area contributed by atoms with Gasteiger partial charge in [-0.3, -0.25) is 0 Å². The predicted octanol–water partition coefficient (Wildman–Crippen LogP) is 2.69. The van der Waals surface area contributed by atoms with E-state index in [0.29, 0.717) is 13.2 Å². The van der Waals surface area contributed by atoms with Crippen LogP contribution < -0.4 is 5.73 Å². The van der Waals surface area contributed by atoms with Crippen molar-refractivity contribution in [3.05, 3.63) is 35.2 Å². The summed E-state index contributed by atoms with van der Waals surface area (Å²) in [5.41, 5.74) is 6.62. The van der Waals surface area contributed by atoms with Crippen LogP contribution in [0.5, 0.6) is 0 Å². The summed E-state index contributed by atoms with van der Waals surface area (Å²) < 4.78 is 6.78. The van der Waals surface area contributed by atoms with E-state index < -0.39 is 6.10 Å². The Bertz CT molecular complexity index is 560. The van der Waals surface area contributed by atoms with E-state index in [4.69, 9.17) is 10.5 Å². The van der Waals surface area contributed by atoms with Crippen LogP contribution in [0.2, 0.25) is 0 Å². The quantitative estimate of drug-likeness (QED) is 0.907. The number of rotatable bonds is 3. The van der Waals surface area contributed by atoms with Crippen LogP contribution in [-0.2, 0) is 4.74 Å². The second-order valence-electron chi connectivity index (χ2n) is 5.31. The second kappa shape index (κ2) is 5.21. The minimum Gasteiger partial charge on any atom is -0.388 e. The van der Waals surface area contributed by atoms with Crippen molar-refractivity contribution in [3.63, 3.8) is 0 Å². The van der Waals surface area contributed by atoms with Gasteiger partial charge in [-0.05, 0) is 35.2 Å².